The molecule has 152 valence electrons. The van der Waals surface area contributed by atoms with Gasteiger partial charge >= 0.3 is 0 Å². The lowest BCUT2D eigenvalue weighted by Crippen LogP contribution is -2.46. The number of carbonyl (C=O) groups excluding carboxylic acids is 2. The molecule has 2 aliphatic carbocycles. The van der Waals surface area contributed by atoms with Crippen molar-refractivity contribution in [2.45, 2.75) is 57.3 Å². The number of primary amides is 1. The van der Waals surface area contributed by atoms with Crippen LogP contribution in [0.2, 0.25) is 0 Å². The van der Waals surface area contributed by atoms with Gasteiger partial charge in [-0.05, 0) is 44.2 Å². The van der Waals surface area contributed by atoms with Gasteiger partial charge in [0.2, 0.25) is 11.8 Å². The quantitative estimate of drug-likeness (QED) is 0.802. The Kier molecular flexibility index (Phi) is 5.92. The summed E-state index contributed by atoms with van der Waals surface area (Å²) in [6.45, 7) is 4.31. The molecule has 0 atom stereocenters. The van der Waals surface area contributed by atoms with Crippen LogP contribution in [0.4, 0.5) is 0 Å². The highest BCUT2D eigenvalue weighted by Gasteiger charge is 2.38. The van der Waals surface area contributed by atoms with Gasteiger partial charge in [0.05, 0.1) is 24.0 Å². The van der Waals surface area contributed by atoms with Crippen LogP contribution >= 0.6 is 0 Å². The predicted octanol–water partition coefficient (Wildman–Crippen LogP) is 1.56. The van der Waals surface area contributed by atoms with Gasteiger partial charge in [-0.2, -0.15) is 0 Å². The molecule has 1 saturated heterocycles. The normalized spacial score (nSPS) is 26.2. The van der Waals surface area contributed by atoms with Crippen LogP contribution in [0.25, 0.3) is 0 Å². The van der Waals surface area contributed by atoms with E-state index in [1.54, 1.807) is 12.1 Å². The Hall–Kier alpha value is -1.99. The molecular formula is C21H30N4O3. The van der Waals surface area contributed by atoms with Gasteiger partial charge in [-0.15, -0.1) is 0 Å². The van der Waals surface area contributed by atoms with Crippen molar-refractivity contribution in [1.29, 1.82) is 0 Å². The van der Waals surface area contributed by atoms with Gasteiger partial charge in [0.1, 0.15) is 0 Å². The summed E-state index contributed by atoms with van der Waals surface area (Å²) in [4.78, 5) is 32.7. The first-order valence-corrected chi connectivity index (χ1v) is 10.5. The van der Waals surface area contributed by atoms with Crippen molar-refractivity contribution in [1.82, 2.24) is 14.8 Å². The Morgan fingerprint density at radius 1 is 1.11 bits per heavy atom. The smallest absolute Gasteiger partial charge is 0.250 e. The van der Waals surface area contributed by atoms with Gasteiger partial charge in [0.15, 0.2) is 0 Å². The molecular weight excluding hydrogens is 356 g/mol. The van der Waals surface area contributed by atoms with Gasteiger partial charge in [0, 0.05) is 44.3 Å². The van der Waals surface area contributed by atoms with Crippen LogP contribution < -0.4 is 5.73 Å². The van der Waals surface area contributed by atoms with E-state index >= 15 is 0 Å². The molecule has 2 N–H and O–H groups in total. The van der Waals surface area contributed by atoms with Crippen molar-refractivity contribution in [3.63, 3.8) is 0 Å². The molecule has 2 heterocycles. The molecule has 4 rings (SSSR count). The van der Waals surface area contributed by atoms with Gasteiger partial charge in [-0.25, -0.2) is 0 Å². The Morgan fingerprint density at radius 3 is 2.57 bits per heavy atom. The lowest BCUT2D eigenvalue weighted by atomic mass is 9.81. The van der Waals surface area contributed by atoms with Crippen molar-refractivity contribution in [3.8, 4) is 0 Å². The van der Waals surface area contributed by atoms with Crippen molar-refractivity contribution >= 4 is 11.8 Å². The maximum Gasteiger partial charge on any atom is 0.250 e. The summed E-state index contributed by atoms with van der Waals surface area (Å²) in [5.41, 5.74) is 6.38. The van der Waals surface area contributed by atoms with E-state index in [4.69, 9.17) is 10.5 Å². The molecule has 1 aliphatic heterocycles. The van der Waals surface area contributed by atoms with E-state index in [9.17, 15) is 9.59 Å². The predicted molar refractivity (Wildman–Crippen MR) is 104 cm³/mol. The number of nitrogens with zero attached hydrogens (tertiary/aromatic N) is 3. The number of aromatic nitrogens is 1. The maximum absolute atomic E-state index is 12.8. The number of carbonyl (C=O) groups is 2. The SMILES string of the molecule is NC(=O)c1ccc(COC2CC(C(=O)N3CCCN(C4CCC4)CC3)C2)nc1. The molecule has 2 amide bonds. The highest BCUT2D eigenvalue weighted by Crippen LogP contribution is 2.33. The van der Waals surface area contributed by atoms with Crippen LogP contribution in [-0.4, -0.2) is 64.9 Å². The summed E-state index contributed by atoms with van der Waals surface area (Å²) in [5.74, 6) is -0.0747. The summed E-state index contributed by atoms with van der Waals surface area (Å²) in [6.07, 6.45) is 8.28. The second-order valence-electron chi connectivity index (χ2n) is 8.30. The topological polar surface area (TPSA) is 88.8 Å². The Morgan fingerprint density at radius 2 is 1.93 bits per heavy atom. The molecule has 7 nitrogen and oxygen atoms in total. The third-order valence-electron chi connectivity index (χ3n) is 6.45. The third kappa shape index (κ3) is 4.36. The van der Waals surface area contributed by atoms with E-state index in [2.05, 4.69) is 14.8 Å². The monoisotopic (exact) mass is 386 g/mol. The minimum absolute atomic E-state index is 0.102. The molecule has 3 fully saturated rings. The van der Waals surface area contributed by atoms with Crippen LogP contribution in [0.5, 0.6) is 0 Å². The highest BCUT2D eigenvalue weighted by atomic mass is 16.5. The maximum atomic E-state index is 12.8. The van der Waals surface area contributed by atoms with Gasteiger partial charge < -0.3 is 15.4 Å². The van der Waals surface area contributed by atoms with E-state index in [0.29, 0.717) is 18.1 Å². The molecule has 1 aromatic heterocycles. The fraction of sp³-hybridized carbons (Fsp3) is 0.667. The first-order chi connectivity index (χ1) is 13.6. The molecule has 2 saturated carbocycles. The molecule has 0 spiro atoms. The molecule has 0 bridgehead atoms. The van der Waals surface area contributed by atoms with Crippen molar-refractivity contribution in [3.05, 3.63) is 29.6 Å². The molecule has 3 aliphatic rings. The zero-order valence-electron chi connectivity index (χ0n) is 16.4. The van der Waals surface area contributed by atoms with Crippen molar-refractivity contribution < 1.29 is 14.3 Å². The van der Waals surface area contributed by atoms with E-state index in [1.165, 1.54) is 25.5 Å². The number of amides is 2. The number of ether oxygens (including phenoxy) is 1. The van der Waals surface area contributed by atoms with Gasteiger partial charge in [0.25, 0.3) is 0 Å². The summed E-state index contributed by atoms with van der Waals surface area (Å²) >= 11 is 0. The number of pyridine rings is 1. The zero-order valence-corrected chi connectivity index (χ0v) is 16.4. The average molecular weight is 386 g/mol. The van der Waals surface area contributed by atoms with E-state index in [-0.39, 0.29) is 12.0 Å². The first-order valence-electron chi connectivity index (χ1n) is 10.5. The lowest BCUT2D eigenvalue weighted by Gasteiger charge is -2.38. The summed E-state index contributed by atoms with van der Waals surface area (Å²) in [5, 5.41) is 0. The summed E-state index contributed by atoms with van der Waals surface area (Å²) < 4.78 is 5.87. The van der Waals surface area contributed by atoms with Gasteiger partial charge in [-0.1, -0.05) is 6.42 Å². The minimum Gasteiger partial charge on any atom is -0.372 e. The first kappa shape index (κ1) is 19.3. The van der Waals surface area contributed by atoms with E-state index in [0.717, 1.165) is 57.2 Å². The average Bonchev–Trinajstić information content (AvgIpc) is 2.85. The number of rotatable bonds is 6. The van der Waals surface area contributed by atoms with Crippen LogP contribution in [0, 0.1) is 5.92 Å². The second kappa shape index (κ2) is 8.57. The van der Waals surface area contributed by atoms with Crippen LogP contribution in [0.3, 0.4) is 0 Å². The highest BCUT2D eigenvalue weighted by molar-refractivity contribution is 5.92. The van der Waals surface area contributed by atoms with Crippen molar-refractivity contribution in [2.75, 3.05) is 26.2 Å². The third-order valence-corrected chi connectivity index (χ3v) is 6.45. The van der Waals surface area contributed by atoms with Crippen molar-refractivity contribution in [2.24, 2.45) is 11.7 Å². The molecule has 7 heteroatoms. The van der Waals surface area contributed by atoms with Crippen LogP contribution in [0.15, 0.2) is 18.3 Å². The van der Waals surface area contributed by atoms with E-state index < -0.39 is 5.91 Å². The lowest BCUT2D eigenvalue weighted by molar-refractivity contribution is -0.145. The van der Waals surface area contributed by atoms with Crippen LogP contribution in [-0.2, 0) is 16.1 Å². The number of hydrogen-bond donors (Lipinski definition) is 1. The van der Waals surface area contributed by atoms with Gasteiger partial charge in [-0.3, -0.25) is 19.5 Å². The Balaban J connectivity index is 1.18. The number of hydrogen-bond acceptors (Lipinski definition) is 5. The fourth-order valence-corrected chi connectivity index (χ4v) is 4.30. The second-order valence-corrected chi connectivity index (χ2v) is 8.30. The Labute approximate surface area is 166 Å². The zero-order chi connectivity index (χ0) is 19.5. The largest absolute Gasteiger partial charge is 0.372 e. The van der Waals surface area contributed by atoms with Crippen LogP contribution in [0.1, 0.15) is 54.6 Å². The number of nitrogens with two attached hydrogens (primary N) is 1. The standard InChI is InChI=1S/C21H30N4O3/c22-20(26)15-5-6-17(23-13-15)14-28-19-11-16(12-19)21(27)25-8-2-7-24(9-10-25)18-3-1-4-18/h5-6,13,16,18-19H,1-4,7-12,14H2,(H2,22,26). The molecule has 0 aromatic carbocycles. The molecule has 1 aromatic rings. The molecule has 28 heavy (non-hydrogen) atoms. The molecule has 0 radical (unpaired) electrons. The minimum atomic E-state index is -0.482. The Bertz CT molecular complexity index is 698. The summed E-state index contributed by atoms with van der Waals surface area (Å²) in [7, 11) is 0. The fourth-order valence-electron chi connectivity index (χ4n) is 4.30. The molecule has 0 unspecified atom stereocenters. The van der Waals surface area contributed by atoms with E-state index in [1.807, 2.05) is 0 Å². The summed E-state index contributed by atoms with van der Waals surface area (Å²) in [6, 6.07) is 4.18.